The molecule has 10 heteroatoms. The van der Waals surface area contributed by atoms with Gasteiger partial charge in [0, 0.05) is 48.1 Å². The lowest BCUT2D eigenvalue weighted by Crippen LogP contribution is -2.15. The molecule has 0 radical (unpaired) electrons. The lowest BCUT2D eigenvalue weighted by atomic mass is 10.1. The molecule has 4 rings (SSSR count). The monoisotopic (exact) mass is 422 g/mol. The minimum atomic E-state index is -0.763. The topological polar surface area (TPSA) is 123 Å². The maximum Gasteiger partial charge on any atom is 0.378 e. The molecule has 3 aromatic heterocycles. The Morgan fingerprint density at radius 2 is 1.90 bits per heavy atom. The summed E-state index contributed by atoms with van der Waals surface area (Å²) in [6.45, 7) is 3.28. The number of para-hydroxylation sites is 1. The Kier molecular flexibility index (Phi) is 6.39. The molecule has 0 saturated carbocycles. The summed E-state index contributed by atoms with van der Waals surface area (Å²) in [6, 6.07) is 9.26. The van der Waals surface area contributed by atoms with E-state index in [1.165, 1.54) is 9.42 Å². The van der Waals surface area contributed by atoms with Crippen molar-refractivity contribution in [3.8, 4) is 0 Å². The summed E-state index contributed by atoms with van der Waals surface area (Å²) in [5.74, 6) is -0.874. The van der Waals surface area contributed by atoms with Gasteiger partial charge in [-0.05, 0) is 26.0 Å². The van der Waals surface area contributed by atoms with Crippen molar-refractivity contribution < 1.29 is 19.1 Å². The number of ketones is 1. The normalized spacial score (nSPS) is 10.5. The number of carbonyl (C=O) groups is 3. The van der Waals surface area contributed by atoms with Crippen LogP contribution in [0.2, 0.25) is 0 Å². The van der Waals surface area contributed by atoms with Crippen molar-refractivity contribution in [3.63, 3.8) is 0 Å². The fourth-order valence-corrected chi connectivity index (χ4v) is 2.83. The molecule has 0 aliphatic carbocycles. The van der Waals surface area contributed by atoms with Gasteiger partial charge in [-0.2, -0.15) is 4.98 Å². The Bertz CT molecular complexity index is 1260. The number of aromatic nitrogens is 5. The van der Waals surface area contributed by atoms with Gasteiger partial charge in [-0.1, -0.05) is 18.2 Å². The van der Waals surface area contributed by atoms with Gasteiger partial charge in [0.25, 0.3) is 11.6 Å². The fraction of sp³-hybridized carbons (Fsp3) is 0.238. The van der Waals surface area contributed by atoms with Crippen LogP contribution in [0.25, 0.3) is 16.7 Å². The molecular formula is C21H22N6O4. The minimum absolute atomic E-state index is 0.127. The summed E-state index contributed by atoms with van der Waals surface area (Å²) < 4.78 is 6.56. The lowest BCUT2D eigenvalue weighted by molar-refractivity contribution is -0.115. The molecule has 31 heavy (non-hydrogen) atoms. The number of esters is 1. The van der Waals surface area contributed by atoms with Crippen LogP contribution in [0.1, 0.15) is 32.4 Å². The van der Waals surface area contributed by atoms with E-state index in [1.54, 1.807) is 20.3 Å². The predicted molar refractivity (Wildman–Crippen MR) is 113 cm³/mol. The van der Waals surface area contributed by atoms with Crippen LogP contribution in [-0.2, 0) is 9.53 Å². The minimum Gasteiger partial charge on any atom is -0.451 e. The van der Waals surface area contributed by atoms with Crippen molar-refractivity contribution in [3.05, 3.63) is 59.3 Å². The number of benzene rings is 1. The summed E-state index contributed by atoms with van der Waals surface area (Å²) in [6.07, 6.45) is 2.36. The molecule has 0 saturated heterocycles. The Labute approximate surface area is 177 Å². The number of ether oxygens (including phenoxy) is 1. The van der Waals surface area contributed by atoms with Gasteiger partial charge in [-0.15, -0.1) is 5.10 Å². The van der Waals surface area contributed by atoms with Crippen LogP contribution >= 0.6 is 0 Å². The Morgan fingerprint density at radius 1 is 1.19 bits per heavy atom. The van der Waals surface area contributed by atoms with Crippen molar-refractivity contribution in [2.75, 3.05) is 20.7 Å². The number of fused-ring (bicyclic) bond motifs is 2. The third-order valence-corrected chi connectivity index (χ3v) is 4.24. The smallest absolute Gasteiger partial charge is 0.378 e. The highest BCUT2D eigenvalue weighted by molar-refractivity contribution is 6.09. The number of nitrogens with zero attached hydrogens (tertiary/aromatic N) is 5. The van der Waals surface area contributed by atoms with Gasteiger partial charge >= 0.3 is 5.97 Å². The highest BCUT2D eigenvalue weighted by Gasteiger charge is 2.19. The number of H-pyrrole nitrogens is 1. The SMILES string of the molecule is CN(C)C=O.Cc1cc(C)n2nc(C(=O)OCC(=O)c3c[nH]c4ccccc34)nc2n1. The van der Waals surface area contributed by atoms with Crippen LogP contribution < -0.4 is 0 Å². The third-order valence-electron chi connectivity index (χ3n) is 4.24. The van der Waals surface area contributed by atoms with Gasteiger partial charge in [0.15, 0.2) is 6.61 Å². The van der Waals surface area contributed by atoms with E-state index < -0.39 is 5.97 Å². The van der Waals surface area contributed by atoms with Crippen LogP contribution in [0.4, 0.5) is 0 Å². The van der Waals surface area contributed by atoms with Crippen LogP contribution in [0.15, 0.2) is 36.5 Å². The molecule has 160 valence electrons. The molecule has 1 N–H and O–H groups in total. The lowest BCUT2D eigenvalue weighted by Gasteiger charge is -2.01. The zero-order chi connectivity index (χ0) is 22.5. The molecule has 0 fully saturated rings. The number of aromatic amines is 1. The number of hydrogen-bond acceptors (Lipinski definition) is 7. The predicted octanol–water partition coefficient (Wildman–Crippen LogP) is 1.97. The standard InChI is InChI=1S/C18H15N5O3.C3H7NO/c1-10-7-11(2)23-18(20-10)21-16(22-23)17(25)26-9-15(24)13-8-19-14-6-4-3-5-12(13)14;1-4(2)3-5/h3-8,19H,9H2,1-2H3;3H,1-2H3. The second-order valence-electron chi connectivity index (χ2n) is 7.00. The number of hydrogen-bond donors (Lipinski definition) is 1. The first-order valence-corrected chi connectivity index (χ1v) is 9.39. The van der Waals surface area contributed by atoms with Gasteiger partial charge in [0.1, 0.15) is 0 Å². The molecule has 0 bridgehead atoms. The molecule has 0 unspecified atom stereocenters. The maximum atomic E-state index is 12.4. The second kappa shape index (κ2) is 9.16. The fourth-order valence-electron chi connectivity index (χ4n) is 2.83. The Balaban J connectivity index is 0.000000491. The number of rotatable bonds is 5. The maximum absolute atomic E-state index is 12.4. The number of Topliss-reactive ketones (excluding diaryl/α,β-unsaturated/α-hetero) is 1. The van der Waals surface area contributed by atoms with Crippen LogP contribution in [0.5, 0.6) is 0 Å². The molecule has 10 nitrogen and oxygen atoms in total. The zero-order valence-electron chi connectivity index (χ0n) is 17.6. The van der Waals surface area contributed by atoms with Crippen LogP contribution in [-0.4, -0.2) is 68.3 Å². The first-order chi connectivity index (χ1) is 14.8. The molecule has 4 aromatic rings. The number of amides is 1. The summed E-state index contributed by atoms with van der Waals surface area (Å²) in [4.78, 5) is 46.8. The average molecular weight is 422 g/mol. The summed E-state index contributed by atoms with van der Waals surface area (Å²) in [5, 5.41) is 4.88. The largest absolute Gasteiger partial charge is 0.451 e. The van der Waals surface area contributed by atoms with E-state index in [4.69, 9.17) is 4.74 Å². The van der Waals surface area contributed by atoms with Gasteiger partial charge in [0.05, 0.1) is 0 Å². The van der Waals surface area contributed by atoms with Crippen molar-refractivity contribution in [2.45, 2.75) is 13.8 Å². The van der Waals surface area contributed by atoms with E-state index in [9.17, 15) is 14.4 Å². The highest BCUT2D eigenvalue weighted by Crippen LogP contribution is 2.18. The van der Waals surface area contributed by atoms with Crippen molar-refractivity contribution in [1.29, 1.82) is 0 Å². The molecule has 1 aromatic carbocycles. The molecule has 0 spiro atoms. The van der Waals surface area contributed by atoms with Gasteiger partial charge < -0.3 is 14.6 Å². The third kappa shape index (κ3) is 4.92. The van der Waals surface area contributed by atoms with E-state index >= 15 is 0 Å². The highest BCUT2D eigenvalue weighted by atomic mass is 16.5. The van der Waals surface area contributed by atoms with Gasteiger partial charge in [0.2, 0.25) is 12.2 Å². The van der Waals surface area contributed by atoms with Crippen LogP contribution in [0, 0.1) is 13.8 Å². The first-order valence-electron chi connectivity index (χ1n) is 9.39. The summed E-state index contributed by atoms with van der Waals surface area (Å²) in [5.41, 5.74) is 2.90. The van der Waals surface area contributed by atoms with Crippen molar-refractivity contribution in [2.24, 2.45) is 0 Å². The summed E-state index contributed by atoms with van der Waals surface area (Å²) in [7, 11) is 3.38. The van der Waals surface area contributed by atoms with E-state index in [1.807, 2.05) is 44.2 Å². The van der Waals surface area contributed by atoms with Gasteiger partial charge in [-0.3, -0.25) is 9.59 Å². The zero-order valence-corrected chi connectivity index (χ0v) is 17.6. The Morgan fingerprint density at radius 3 is 2.61 bits per heavy atom. The average Bonchev–Trinajstić information content (AvgIpc) is 3.36. The molecule has 0 aliphatic rings. The molecule has 3 heterocycles. The number of aryl methyl sites for hydroxylation is 2. The van der Waals surface area contributed by atoms with Gasteiger partial charge in [-0.25, -0.2) is 14.3 Å². The molecule has 0 aliphatic heterocycles. The van der Waals surface area contributed by atoms with Crippen LogP contribution in [0.3, 0.4) is 0 Å². The van der Waals surface area contributed by atoms with E-state index in [-0.39, 0.29) is 18.2 Å². The number of nitrogens with one attached hydrogen (secondary N) is 1. The Hall–Kier alpha value is -4.08. The van der Waals surface area contributed by atoms with E-state index in [0.717, 1.165) is 28.7 Å². The first kappa shape index (κ1) is 21.6. The van der Waals surface area contributed by atoms with E-state index in [2.05, 4.69) is 20.1 Å². The second-order valence-corrected chi connectivity index (χ2v) is 7.00. The quantitative estimate of drug-likeness (QED) is 0.296. The molecular weight excluding hydrogens is 400 g/mol. The molecule has 1 amide bonds. The van der Waals surface area contributed by atoms with Crippen molar-refractivity contribution >= 4 is 34.8 Å². The summed E-state index contributed by atoms with van der Waals surface area (Å²) >= 11 is 0. The van der Waals surface area contributed by atoms with E-state index in [0.29, 0.717) is 11.3 Å². The number of carbonyl (C=O) groups excluding carboxylic acids is 3. The molecule has 0 atom stereocenters. The van der Waals surface area contributed by atoms with Crippen molar-refractivity contribution in [1.82, 2.24) is 29.5 Å².